The van der Waals surface area contributed by atoms with E-state index in [1.807, 2.05) is 21.1 Å². The zero-order chi connectivity index (χ0) is 17.1. The molecule has 4 nitrogen and oxygen atoms in total. The van der Waals surface area contributed by atoms with Gasteiger partial charge in [0.1, 0.15) is 12.1 Å². The van der Waals surface area contributed by atoms with Crippen LogP contribution in [0.15, 0.2) is 0 Å². The van der Waals surface area contributed by atoms with Gasteiger partial charge in [-0.05, 0) is 6.42 Å². The summed E-state index contributed by atoms with van der Waals surface area (Å²) in [4.78, 5) is 11.0. The third-order valence-electron chi connectivity index (χ3n) is 3.99. The number of rotatable bonds is 14. The van der Waals surface area contributed by atoms with Gasteiger partial charge in [0.25, 0.3) is 0 Å². The largest absolute Gasteiger partial charge is 0.481 e. The van der Waals surface area contributed by atoms with Crippen molar-refractivity contribution in [1.82, 2.24) is 0 Å². The Morgan fingerprint density at radius 3 is 1.77 bits per heavy atom. The monoisotopic (exact) mass is 316 g/mol. The van der Waals surface area contributed by atoms with Crippen molar-refractivity contribution in [2.45, 2.75) is 83.2 Å². The second-order valence-electron chi connectivity index (χ2n) is 7.82. The Hall–Kier alpha value is -0.610. The van der Waals surface area contributed by atoms with Crippen LogP contribution < -0.4 is 0 Å². The lowest BCUT2D eigenvalue weighted by Gasteiger charge is -2.34. The quantitative estimate of drug-likeness (QED) is 0.378. The van der Waals surface area contributed by atoms with E-state index in [2.05, 4.69) is 6.92 Å². The molecule has 0 aromatic carbocycles. The van der Waals surface area contributed by atoms with Gasteiger partial charge in [-0.15, -0.1) is 0 Å². The van der Waals surface area contributed by atoms with Crippen LogP contribution in [0.1, 0.15) is 77.6 Å². The minimum Gasteiger partial charge on any atom is -0.481 e. The molecule has 0 aromatic heterocycles. The molecule has 132 valence electrons. The molecule has 0 radical (unpaired) electrons. The highest BCUT2D eigenvalue weighted by Crippen LogP contribution is 2.23. The fraction of sp³-hybridized carbons (Fsp3) is 0.944. The number of carbonyl (C=O) groups is 1. The van der Waals surface area contributed by atoms with Crippen LogP contribution in [0, 0.1) is 0 Å². The Morgan fingerprint density at radius 2 is 1.36 bits per heavy atom. The van der Waals surface area contributed by atoms with Gasteiger partial charge in [-0.1, -0.05) is 64.7 Å². The molecule has 0 amide bonds. The lowest BCUT2D eigenvalue weighted by Crippen LogP contribution is -2.50. The molecule has 0 aliphatic rings. The van der Waals surface area contributed by atoms with E-state index in [9.17, 15) is 9.90 Å². The number of carboxylic acid groups (broad SMARTS) is 1. The fourth-order valence-electron chi connectivity index (χ4n) is 3.15. The number of nitrogens with zero attached hydrogens (tertiary/aromatic N) is 1. The van der Waals surface area contributed by atoms with Crippen molar-refractivity contribution in [3.8, 4) is 0 Å². The van der Waals surface area contributed by atoms with Crippen LogP contribution in [-0.4, -0.2) is 54.0 Å². The summed E-state index contributed by atoms with van der Waals surface area (Å²) in [6.07, 6.45) is 11.5. The van der Waals surface area contributed by atoms with Crippen molar-refractivity contribution < 1.29 is 19.5 Å². The topological polar surface area (TPSA) is 57.5 Å². The molecule has 0 spiro atoms. The minimum absolute atomic E-state index is 0.153. The summed E-state index contributed by atoms with van der Waals surface area (Å²) < 4.78 is 0.585. The summed E-state index contributed by atoms with van der Waals surface area (Å²) in [6, 6.07) is 0. The first-order chi connectivity index (χ1) is 10.2. The van der Waals surface area contributed by atoms with E-state index in [-0.39, 0.29) is 6.42 Å². The lowest BCUT2D eigenvalue weighted by molar-refractivity contribution is -0.877. The average molecular weight is 317 g/mol. The molecule has 0 bridgehead atoms. The van der Waals surface area contributed by atoms with Crippen LogP contribution in [0.4, 0.5) is 0 Å². The zero-order valence-electron chi connectivity index (χ0n) is 15.2. The molecular formula is C18H38NO3+. The maximum absolute atomic E-state index is 11.0. The van der Waals surface area contributed by atoms with Crippen molar-refractivity contribution in [2.24, 2.45) is 0 Å². The highest BCUT2D eigenvalue weighted by atomic mass is 16.4. The van der Waals surface area contributed by atoms with Crippen LogP contribution >= 0.6 is 0 Å². The maximum Gasteiger partial charge on any atom is 0.306 e. The van der Waals surface area contributed by atoms with Crippen molar-refractivity contribution in [1.29, 1.82) is 0 Å². The van der Waals surface area contributed by atoms with E-state index in [0.29, 0.717) is 17.4 Å². The van der Waals surface area contributed by atoms with Gasteiger partial charge >= 0.3 is 5.97 Å². The smallest absolute Gasteiger partial charge is 0.306 e. The van der Waals surface area contributed by atoms with E-state index in [0.717, 1.165) is 12.8 Å². The highest BCUT2D eigenvalue weighted by Gasteiger charge is 2.35. The van der Waals surface area contributed by atoms with Crippen molar-refractivity contribution >= 4 is 5.97 Å². The van der Waals surface area contributed by atoms with E-state index in [1.165, 1.54) is 44.9 Å². The van der Waals surface area contributed by atoms with Crippen LogP contribution in [0.5, 0.6) is 0 Å². The van der Waals surface area contributed by atoms with E-state index < -0.39 is 11.6 Å². The average Bonchev–Trinajstić information content (AvgIpc) is 2.33. The van der Waals surface area contributed by atoms with Gasteiger partial charge in [-0.3, -0.25) is 4.79 Å². The van der Waals surface area contributed by atoms with Crippen LogP contribution in [-0.2, 0) is 4.79 Å². The molecule has 0 saturated carbocycles. The number of hydrogen-bond acceptors (Lipinski definition) is 2. The molecule has 4 heteroatoms. The SMILES string of the molecule is CCCCCCCCCCCC(O)(CC(=O)O)C[N+](C)(C)C. The van der Waals surface area contributed by atoms with Gasteiger partial charge in [0, 0.05) is 0 Å². The summed E-state index contributed by atoms with van der Waals surface area (Å²) in [5, 5.41) is 19.6. The summed E-state index contributed by atoms with van der Waals surface area (Å²) in [5.41, 5.74) is -1.08. The Labute approximate surface area is 137 Å². The summed E-state index contributed by atoms with van der Waals surface area (Å²) >= 11 is 0. The number of carboxylic acids is 1. The van der Waals surface area contributed by atoms with Gasteiger partial charge in [0.05, 0.1) is 27.6 Å². The Balaban J connectivity index is 3.92. The lowest BCUT2D eigenvalue weighted by atomic mass is 9.91. The predicted molar refractivity (Wildman–Crippen MR) is 91.9 cm³/mol. The molecule has 1 unspecified atom stereocenters. The minimum atomic E-state index is -1.08. The zero-order valence-corrected chi connectivity index (χ0v) is 15.2. The Kier molecular flexibility index (Phi) is 10.7. The molecule has 0 heterocycles. The molecule has 0 aliphatic carbocycles. The molecule has 0 rings (SSSR count). The van der Waals surface area contributed by atoms with Gasteiger partial charge in [0.15, 0.2) is 0 Å². The molecular weight excluding hydrogens is 278 g/mol. The molecule has 0 aliphatic heterocycles. The Morgan fingerprint density at radius 1 is 0.909 bits per heavy atom. The molecule has 2 N–H and O–H groups in total. The third kappa shape index (κ3) is 13.1. The van der Waals surface area contributed by atoms with Crippen molar-refractivity contribution in [3.05, 3.63) is 0 Å². The number of unbranched alkanes of at least 4 members (excludes halogenated alkanes) is 8. The van der Waals surface area contributed by atoms with Crippen LogP contribution in [0.25, 0.3) is 0 Å². The number of likely N-dealkylation sites (N-methyl/N-ethyl adjacent to an activating group) is 1. The molecule has 0 aromatic rings. The second kappa shape index (κ2) is 11.0. The summed E-state index contributed by atoms with van der Waals surface area (Å²) in [7, 11) is 5.97. The summed E-state index contributed by atoms with van der Waals surface area (Å²) in [5.74, 6) is -0.910. The fourth-order valence-corrected chi connectivity index (χ4v) is 3.15. The molecule has 0 fully saturated rings. The van der Waals surface area contributed by atoms with E-state index in [4.69, 9.17) is 5.11 Å². The second-order valence-corrected chi connectivity index (χ2v) is 7.82. The number of aliphatic hydroxyl groups is 1. The van der Waals surface area contributed by atoms with E-state index >= 15 is 0 Å². The first-order valence-corrected chi connectivity index (χ1v) is 8.93. The van der Waals surface area contributed by atoms with Crippen LogP contribution in [0.2, 0.25) is 0 Å². The van der Waals surface area contributed by atoms with Gasteiger partial charge in [-0.25, -0.2) is 0 Å². The van der Waals surface area contributed by atoms with Crippen LogP contribution in [0.3, 0.4) is 0 Å². The van der Waals surface area contributed by atoms with Crippen molar-refractivity contribution in [2.75, 3.05) is 27.7 Å². The first kappa shape index (κ1) is 21.4. The third-order valence-corrected chi connectivity index (χ3v) is 3.99. The van der Waals surface area contributed by atoms with Gasteiger partial charge < -0.3 is 14.7 Å². The van der Waals surface area contributed by atoms with Gasteiger partial charge in [-0.2, -0.15) is 0 Å². The van der Waals surface area contributed by atoms with Crippen molar-refractivity contribution in [3.63, 3.8) is 0 Å². The molecule has 0 saturated heterocycles. The Bertz CT molecular complexity index is 299. The number of quaternary nitrogens is 1. The summed E-state index contributed by atoms with van der Waals surface area (Å²) in [6.45, 7) is 2.71. The molecule has 22 heavy (non-hydrogen) atoms. The predicted octanol–water partition coefficient (Wildman–Crippen LogP) is 3.82. The highest BCUT2D eigenvalue weighted by molar-refractivity contribution is 5.68. The van der Waals surface area contributed by atoms with E-state index in [1.54, 1.807) is 0 Å². The first-order valence-electron chi connectivity index (χ1n) is 8.93. The maximum atomic E-state index is 11.0. The molecule has 1 atom stereocenters. The normalized spacial score (nSPS) is 14.8. The number of aliphatic carboxylic acids is 1. The van der Waals surface area contributed by atoms with Gasteiger partial charge in [0.2, 0.25) is 0 Å². The standard InChI is InChI=1S/C18H37NO3/c1-5-6-7-8-9-10-11-12-13-14-18(22,15-17(20)21)16-19(2,3)4/h22H,5-16H2,1-4H3/p+1. The number of hydrogen-bond donors (Lipinski definition) is 2.